The topological polar surface area (TPSA) is 52.6 Å². The molecule has 2 saturated heterocycles. The van der Waals surface area contributed by atoms with Gasteiger partial charge >= 0.3 is 0 Å². The Morgan fingerprint density at radius 3 is 2.56 bits per heavy atom. The molecule has 8 heteroatoms. The van der Waals surface area contributed by atoms with Gasteiger partial charge in [0, 0.05) is 71.6 Å². The van der Waals surface area contributed by atoms with Gasteiger partial charge in [0.05, 0.1) is 19.8 Å². The zero-order valence-corrected chi connectivity index (χ0v) is 22.2. The number of rotatable bonds is 11. The number of hydrogen-bond acceptors (Lipinski definition) is 5. The number of ether oxygens (including phenoxy) is 2. The molecule has 0 bridgehead atoms. The fourth-order valence-corrected chi connectivity index (χ4v) is 4.41. The Kier molecular flexibility index (Phi) is 13.3. The van der Waals surface area contributed by atoms with Crippen LogP contribution in [0.4, 0.5) is 5.69 Å². The first-order valence-corrected chi connectivity index (χ1v) is 11.8. The zero-order chi connectivity index (χ0) is 21.7. The number of nitrogens with one attached hydrogen (secondary N) is 1. The molecular formula is C24H42IN5O2. The Morgan fingerprint density at radius 2 is 1.84 bits per heavy atom. The minimum atomic E-state index is 0. The smallest absolute Gasteiger partial charge is 0.193 e. The van der Waals surface area contributed by atoms with Crippen molar-refractivity contribution in [3.05, 3.63) is 30.3 Å². The maximum Gasteiger partial charge on any atom is 0.193 e. The minimum Gasteiger partial charge on any atom is -0.382 e. The predicted molar refractivity (Wildman–Crippen MR) is 143 cm³/mol. The van der Waals surface area contributed by atoms with Crippen LogP contribution in [0.5, 0.6) is 0 Å². The SMILES string of the molecule is CN=C(NCCCCN1CCN(c2ccccc2)CC1)N1CCC(COCCOC)C1.I. The van der Waals surface area contributed by atoms with Crippen molar-refractivity contribution in [3.63, 3.8) is 0 Å². The number of piperazine rings is 1. The highest BCUT2D eigenvalue weighted by atomic mass is 127. The number of halogens is 1. The highest BCUT2D eigenvalue weighted by Crippen LogP contribution is 2.17. The van der Waals surface area contributed by atoms with E-state index in [0.29, 0.717) is 19.1 Å². The molecule has 1 unspecified atom stereocenters. The molecule has 0 radical (unpaired) electrons. The molecule has 3 rings (SSSR count). The Balaban J connectivity index is 0.00000363. The summed E-state index contributed by atoms with van der Waals surface area (Å²) in [5.74, 6) is 1.63. The van der Waals surface area contributed by atoms with E-state index < -0.39 is 0 Å². The molecule has 2 aliphatic heterocycles. The first kappa shape index (κ1) is 27.1. The van der Waals surface area contributed by atoms with E-state index in [1.54, 1.807) is 7.11 Å². The Labute approximate surface area is 211 Å². The predicted octanol–water partition coefficient (Wildman–Crippen LogP) is 2.77. The Bertz CT molecular complexity index is 641. The quantitative estimate of drug-likeness (QED) is 0.195. The molecule has 0 amide bonds. The van der Waals surface area contributed by atoms with Crippen LogP contribution in [0, 0.1) is 5.92 Å². The van der Waals surface area contributed by atoms with Crippen molar-refractivity contribution >= 4 is 35.6 Å². The molecule has 1 aromatic rings. The second kappa shape index (κ2) is 15.7. The van der Waals surface area contributed by atoms with Gasteiger partial charge in [0.2, 0.25) is 0 Å². The number of aliphatic imine (C=N–C) groups is 1. The molecule has 32 heavy (non-hydrogen) atoms. The van der Waals surface area contributed by atoms with Crippen LogP contribution >= 0.6 is 24.0 Å². The lowest BCUT2D eigenvalue weighted by atomic mass is 10.1. The van der Waals surface area contributed by atoms with Crippen LogP contribution in [0.3, 0.4) is 0 Å². The highest BCUT2D eigenvalue weighted by molar-refractivity contribution is 14.0. The van der Waals surface area contributed by atoms with Gasteiger partial charge in [0.15, 0.2) is 5.96 Å². The number of anilines is 1. The summed E-state index contributed by atoms with van der Waals surface area (Å²) < 4.78 is 10.7. The number of hydrogen-bond donors (Lipinski definition) is 1. The lowest BCUT2D eigenvalue weighted by Gasteiger charge is -2.36. The summed E-state index contributed by atoms with van der Waals surface area (Å²) in [7, 11) is 3.60. The molecule has 0 saturated carbocycles. The van der Waals surface area contributed by atoms with Crippen LogP contribution in [-0.2, 0) is 9.47 Å². The molecule has 0 aromatic heterocycles. The van der Waals surface area contributed by atoms with E-state index >= 15 is 0 Å². The number of benzene rings is 1. The van der Waals surface area contributed by atoms with Crippen LogP contribution < -0.4 is 10.2 Å². The van der Waals surface area contributed by atoms with E-state index in [0.717, 1.165) is 58.4 Å². The molecule has 2 heterocycles. The van der Waals surface area contributed by atoms with Gasteiger partial charge in [-0.1, -0.05) is 18.2 Å². The number of para-hydroxylation sites is 1. The molecule has 7 nitrogen and oxygen atoms in total. The summed E-state index contributed by atoms with van der Waals surface area (Å²) in [5.41, 5.74) is 1.35. The van der Waals surface area contributed by atoms with Crippen LogP contribution in [-0.4, -0.2) is 102 Å². The average molecular weight is 560 g/mol. The fourth-order valence-electron chi connectivity index (χ4n) is 4.41. The molecule has 0 spiro atoms. The van der Waals surface area contributed by atoms with Crippen molar-refractivity contribution in [3.8, 4) is 0 Å². The maximum absolute atomic E-state index is 5.70. The van der Waals surface area contributed by atoms with Crippen molar-refractivity contribution in [1.29, 1.82) is 0 Å². The maximum atomic E-state index is 5.70. The molecule has 2 aliphatic rings. The summed E-state index contributed by atoms with van der Waals surface area (Å²) in [4.78, 5) is 12.0. The van der Waals surface area contributed by atoms with Gasteiger partial charge in [-0.3, -0.25) is 9.89 Å². The van der Waals surface area contributed by atoms with Crippen LogP contribution in [0.25, 0.3) is 0 Å². The van der Waals surface area contributed by atoms with Gasteiger partial charge in [0.25, 0.3) is 0 Å². The lowest BCUT2D eigenvalue weighted by Crippen LogP contribution is -2.46. The van der Waals surface area contributed by atoms with Crippen LogP contribution in [0.15, 0.2) is 35.3 Å². The summed E-state index contributed by atoms with van der Waals surface area (Å²) in [5, 5.41) is 3.56. The fraction of sp³-hybridized carbons (Fsp3) is 0.708. The van der Waals surface area contributed by atoms with Gasteiger partial charge in [0.1, 0.15) is 0 Å². The first-order valence-electron chi connectivity index (χ1n) is 11.8. The van der Waals surface area contributed by atoms with Crippen molar-refractivity contribution in [2.45, 2.75) is 19.3 Å². The third-order valence-electron chi connectivity index (χ3n) is 6.26. The number of likely N-dealkylation sites (tertiary alicyclic amines) is 1. The first-order chi connectivity index (χ1) is 15.3. The van der Waals surface area contributed by atoms with Gasteiger partial charge < -0.3 is 24.6 Å². The third-order valence-corrected chi connectivity index (χ3v) is 6.26. The van der Waals surface area contributed by atoms with E-state index in [1.807, 2.05) is 7.05 Å². The third kappa shape index (κ3) is 9.03. The minimum absolute atomic E-state index is 0. The van der Waals surface area contributed by atoms with Crippen LogP contribution in [0.2, 0.25) is 0 Å². The van der Waals surface area contributed by atoms with Gasteiger partial charge in [-0.15, -0.1) is 24.0 Å². The molecular weight excluding hydrogens is 517 g/mol. The van der Waals surface area contributed by atoms with E-state index in [-0.39, 0.29) is 24.0 Å². The summed E-state index contributed by atoms with van der Waals surface area (Å²) in [6.45, 7) is 11.0. The molecule has 182 valence electrons. The second-order valence-corrected chi connectivity index (χ2v) is 8.51. The van der Waals surface area contributed by atoms with Crippen molar-refractivity contribution < 1.29 is 9.47 Å². The van der Waals surface area contributed by atoms with E-state index in [4.69, 9.17) is 9.47 Å². The summed E-state index contributed by atoms with van der Waals surface area (Å²) in [6.07, 6.45) is 3.57. The number of methoxy groups -OCH3 is 1. The van der Waals surface area contributed by atoms with Gasteiger partial charge in [-0.2, -0.15) is 0 Å². The normalized spacial score (nSPS) is 19.8. The van der Waals surface area contributed by atoms with E-state index in [9.17, 15) is 0 Å². The van der Waals surface area contributed by atoms with Crippen molar-refractivity contribution in [2.24, 2.45) is 10.9 Å². The van der Waals surface area contributed by atoms with Crippen molar-refractivity contribution in [1.82, 2.24) is 15.1 Å². The van der Waals surface area contributed by atoms with E-state index in [1.165, 1.54) is 31.5 Å². The molecule has 1 atom stereocenters. The van der Waals surface area contributed by atoms with Crippen LogP contribution in [0.1, 0.15) is 19.3 Å². The number of nitrogens with zero attached hydrogens (tertiary/aromatic N) is 4. The number of unbranched alkanes of at least 4 members (excludes halogenated alkanes) is 1. The molecule has 1 N–H and O–H groups in total. The monoisotopic (exact) mass is 559 g/mol. The average Bonchev–Trinajstić information content (AvgIpc) is 3.29. The second-order valence-electron chi connectivity index (χ2n) is 8.51. The zero-order valence-electron chi connectivity index (χ0n) is 19.9. The standard InChI is InChI=1S/C24H41N5O2.HI/c1-25-24(29-13-10-22(20-29)21-31-19-18-30-2)26-11-6-7-12-27-14-16-28(17-15-27)23-8-4-3-5-9-23;/h3-5,8-9,22H,6-7,10-21H2,1-2H3,(H,25,26);1H. The lowest BCUT2D eigenvalue weighted by molar-refractivity contribution is 0.0536. The van der Waals surface area contributed by atoms with E-state index in [2.05, 4.69) is 55.3 Å². The molecule has 0 aliphatic carbocycles. The van der Waals surface area contributed by atoms with Crippen molar-refractivity contribution in [2.75, 3.05) is 91.2 Å². The Morgan fingerprint density at radius 1 is 1.06 bits per heavy atom. The van der Waals surface area contributed by atoms with Gasteiger partial charge in [-0.05, 0) is 37.9 Å². The Hall–Kier alpha value is -1.10. The largest absolute Gasteiger partial charge is 0.382 e. The molecule has 1 aromatic carbocycles. The summed E-state index contributed by atoms with van der Waals surface area (Å²) in [6, 6.07) is 10.8. The molecule has 2 fully saturated rings. The highest BCUT2D eigenvalue weighted by Gasteiger charge is 2.24. The van der Waals surface area contributed by atoms with Gasteiger partial charge in [-0.25, -0.2) is 0 Å². The summed E-state index contributed by atoms with van der Waals surface area (Å²) >= 11 is 0. The number of guanidine groups is 1.